The monoisotopic (exact) mass is 415 g/mol. The average molecular weight is 416 g/mol. The van der Waals surface area contributed by atoms with Crippen molar-refractivity contribution >= 4 is 10.9 Å². The fourth-order valence-electron chi connectivity index (χ4n) is 6.07. The van der Waals surface area contributed by atoms with E-state index in [-0.39, 0.29) is 6.04 Å². The third-order valence-electron chi connectivity index (χ3n) is 7.68. The van der Waals surface area contributed by atoms with Crippen molar-refractivity contribution in [1.29, 1.82) is 0 Å². The molecule has 4 heteroatoms. The van der Waals surface area contributed by atoms with Gasteiger partial charge in [0.25, 0.3) is 0 Å². The molecule has 2 aromatic carbocycles. The van der Waals surface area contributed by atoms with Crippen molar-refractivity contribution in [2.24, 2.45) is 11.8 Å². The van der Waals surface area contributed by atoms with Crippen LogP contribution in [0.5, 0.6) is 5.75 Å². The number of piperidine rings is 3. The second-order valence-corrected chi connectivity index (χ2v) is 9.25. The number of methoxy groups -OCH3 is 1. The Labute approximate surface area is 184 Å². The van der Waals surface area contributed by atoms with Gasteiger partial charge in [0, 0.05) is 35.9 Å². The first kappa shape index (κ1) is 20.2. The van der Waals surface area contributed by atoms with E-state index in [9.17, 15) is 5.11 Å². The zero-order valence-corrected chi connectivity index (χ0v) is 18.2. The predicted molar refractivity (Wildman–Crippen MR) is 124 cm³/mol. The molecule has 5 atom stereocenters. The van der Waals surface area contributed by atoms with Gasteiger partial charge in [0.05, 0.1) is 25.7 Å². The molecule has 3 aliphatic heterocycles. The molecule has 160 valence electrons. The molecule has 0 saturated carbocycles. The highest BCUT2D eigenvalue weighted by atomic mass is 16.5. The quantitative estimate of drug-likeness (QED) is 0.460. The zero-order chi connectivity index (χ0) is 21.4. The maximum Gasteiger partial charge on any atom is 0.131 e. The number of hydrogen-bond acceptors (Lipinski definition) is 3. The minimum absolute atomic E-state index is 0.159. The average Bonchev–Trinajstić information content (AvgIpc) is 2.83. The van der Waals surface area contributed by atoms with E-state index in [1.807, 2.05) is 30.5 Å². The Morgan fingerprint density at radius 1 is 1.23 bits per heavy atom. The lowest BCUT2D eigenvalue weighted by Gasteiger charge is -2.58. The summed E-state index contributed by atoms with van der Waals surface area (Å²) < 4.78 is 6.38. The molecule has 0 unspecified atom stereocenters. The minimum atomic E-state index is -0.546. The lowest BCUT2D eigenvalue weighted by molar-refractivity contribution is -0.984. The summed E-state index contributed by atoms with van der Waals surface area (Å²) in [4.78, 5) is 4.52. The third kappa shape index (κ3) is 3.54. The van der Waals surface area contributed by atoms with Gasteiger partial charge in [0.2, 0.25) is 0 Å². The highest BCUT2D eigenvalue weighted by Crippen LogP contribution is 2.48. The molecule has 31 heavy (non-hydrogen) atoms. The van der Waals surface area contributed by atoms with Crippen LogP contribution < -0.4 is 4.74 Å². The molecule has 0 amide bonds. The van der Waals surface area contributed by atoms with Gasteiger partial charge >= 0.3 is 0 Å². The van der Waals surface area contributed by atoms with Gasteiger partial charge < -0.3 is 14.3 Å². The Bertz CT molecular complexity index is 1080. The van der Waals surface area contributed by atoms with Crippen LogP contribution in [0.1, 0.15) is 30.1 Å². The smallest absolute Gasteiger partial charge is 0.131 e. The van der Waals surface area contributed by atoms with Crippen molar-refractivity contribution in [3.8, 4) is 5.75 Å². The van der Waals surface area contributed by atoms with E-state index in [1.165, 1.54) is 12.0 Å². The molecule has 3 saturated heterocycles. The molecule has 0 spiro atoms. The molecule has 0 aliphatic carbocycles. The number of benzene rings is 2. The van der Waals surface area contributed by atoms with E-state index in [1.54, 1.807) is 7.11 Å². The van der Waals surface area contributed by atoms with Crippen molar-refractivity contribution in [1.82, 2.24) is 4.98 Å². The van der Waals surface area contributed by atoms with Crippen molar-refractivity contribution < 1.29 is 14.3 Å². The molecule has 4 nitrogen and oxygen atoms in total. The lowest BCUT2D eigenvalue weighted by Crippen LogP contribution is -2.67. The molecule has 3 fully saturated rings. The van der Waals surface area contributed by atoms with Gasteiger partial charge in [0.1, 0.15) is 24.4 Å². The molecule has 1 aromatic heterocycles. The standard InChI is InChI=1S/C27H31N2O2/c1-3-20-18-29(17-19-7-5-4-6-8-19)14-12-21(20)15-26(29)27(30)23-11-13-28-25-10-9-22(31-2)16-24(23)25/h3-11,13,16,20-21,26-27,30H,1,12,14-15,17-18H2,2H3/q+1/t20-,21-,26-,27-,29+/m0/s1. The Balaban J connectivity index is 1.56. The zero-order valence-electron chi connectivity index (χ0n) is 18.2. The molecule has 2 bridgehead atoms. The summed E-state index contributed by atoms with van der Waals surface area (Å²) in [6.07, 6.45) is 5.65. The number of fused-ring (bicyclic) bond motifs is 4. The second kappa shape index (κ2) is 8.10. The third-order valence-corrected chi connectivity index (χ3v) is 7.68. The number of rotatable bonds is 6. The van der Waals surface area contributed by atoms with E-state index >= 15 is 0 Å². The number of aliphatic hydroxyl groups excluding tert-OH is 1. The number of ether oxygens (including phenoxy) is 1. The topological polar surface area (TPSA) is 42.4 Å². The van der Waals surface area contributed by atoms with Crippen LogP contribution in [0.2, 0.25) is 0 Å². The largest absolute Gasteiger partial charge is 0.497 e. The number of aliphatic hydroxyl groups is 1. The summed E-state index contributed by atoms with van der Waals surface area (Å²) in [5.74, 6) is 1.92. The molecule has 3 aliphatic rings. The van der Waals surface area contributed by atoms with Crippen molar-refractivity contribution in [2.75, 3.05) is 20.2 Å². The lowest BCUT2D eigenvalue weighted by atomic mass is 9.71. The van der Waals surface area contributed by atoms with Gasteiger partial charge in [0.15, 0.2) is 0 Å². The predicted octanol–water partition coefficient (Wildman–Crippen LogP) is 4.89. The van der Waals surface area contributed by atoms with Crippen LogP contribution >= 0.6 is 0 Å². The number of pyridine rings is 1. The van der Waals surface area contributed by atoms with E-state index in [4.69, 9.17) is 4.74 Å². The fourth-order valence-corrected chi connectivity index (χ4v) is 6.07. The summed E-state index contributed by atoms with van der Waals surface area (Å²) in [5.41, 5.74) is 3.19. The summed E-state index contributed by atoms with van der Waals surface area (Å²) in [6.45, 7) is 7.25. The van der Waals surface area contributed by atoms with Crippen LogP contribution in [0, 0.1) is 11.8 Å². The van der Waals surface area contributed by atoms with E-state index in [2.05, 4.69) is 48.0 Å². The summed E-state index contributed by atoms with van der Waals surface area (Å²) in [7, 11) is 1.68. The highest BCUT2D eigenvalue weighted by molar-refractivity contribution is 5.83. The van der Waals surface area contributed by atoms with E-state index in [0.29, 0.717) is 11.8 Å². The Kier molecular flexibility index (Phi) is 5.28. The number of quaternary nitrogens is 1. The van der Waals surface area contributed by atoms with Crippen molar-refractivity contribution in [3.63, 3.8) is 0 Å². The Morgan fingerprint density at radius 2 is 2.06 bits per heavy atom. The highest BCUT2D eigenvalue weighted by Gasteiger charge is 2.53. The Hall–Kier alpha value is -2.69. The molecule has 3 aromatic rings. The van der Waals surface area contributed by atoms with Crippen LogP contribution in [0.3, 0.4) is 0 Å². The fraction of sp³-hybridized carbons (Fsp3) is 0.370. The first-order valence-corrected chi connectivity index (χ1v) is 11.3. The van der Waals surface area contributed by atoms with Crippen LogP contribution in [0.4, 0.5) is 0 Å². The minimum Gasteiger partial charge on any atom is -0.497 e. The summed E-state index contributed by atoms with van der Waals surface area (Å²) in [6, 6.07) is 18.8. The van der Waals surface area contributed by atoms with Gasteiger partial charge in [-0.25, -0.2) is 0 Å². The molecule has 1 N–H and O–H groups in total. The second-order valence-electron chi connectivity index (χ2n) is 9.25. The molecular formula is C27H31N2O2+. The maximum absolute atomic E-state index is 11.8. The molecular weight excluding hydrogens is 384 g/mol. The van der Waals surface area contributed by atoms with Gasteiger partial charge in [-0.3, -0.25) is 4.98 Å². The van der Waals surface area contributed by atoms with Gasteiger partial charge in [-0.15, -0.1) is 6.58 Å². The normalized spacial score (nSPS) is 28.4. The van der Waals surface area contributed by atoms with Crippen molar-refractivity contribution in [3.05, 3.63) is 84.6 Å². The first-order valence-electron chi connectivity index (χ1n) is 11.3. The SMILES string of the molecule is C=C[C@H]1C[N@+]2(Cc3ccccc3)CC[C@H]1C[C@H]2[C@@H](O)c1ccnc2ccc(OC)cc12. The first-order chi connectivity index (χ1) is 15.1. The van der Waals surface area contributed by atoms with Crippen LogP contribution in [-0.2, 0) is 6.54 Å². The number of aromatic nitrogens is 1. The molecule has 0 radical (unpaired) electrons. The van der Waals surface area contributed by atoms with Gasteiger partial charge in [-0.2, -0.15) is 0 Å². The van der Waals surface area contributed by atoms with Crippen LogP contribution in [-0.4, -0.2) is 40.8 Å². The van der Waals surface area contributed by atoms with Crippen LogP contribution in [0.25, 0.3) is 10.9 Å². The molecule has 6 rings (SSSR count). The van der Waals surface area contributed by atoms with E-state index in [0.717, 1.165) is 52.8 Å². The van der Waals surface area contributed by atoms with Gasteiger partial charge in [-0.1, -0.05) is 36.4 Å². The number of hydrogen-bond donors (Lipinski definition) is 1. The Morgan fingerprint density at radius 3 is 2.84 bits per heavy atom. The van der Waals surface area contributed by atoms with E-state index < -0.39 is 6.10 Å². The summed E-state index contributed by atoms with van der Waals surface area (Å²) in [5, 5.41) is 12.8. The van der Waals surface area contributed by atoms with Crippen molar-refractivity contribution in [2.45, 2.75) is 31.5 Å². The number of nitrogens with zero attached hydrogens (tertiary/aromatic N) is 2. The summed E-state index contributed by atoms with van der Waals surface area (Å²) >= 11 is 0. The van der Waals surface area contributed by atoms with Crippen LogP contribution in [0.15, 0.2) is 73.4 Å². The maximum atomic E-state index is 11.8. The molecule has 4 heterocycles. The van der Waals surface area contributed by atoms with Gasteiger partial charge in [-0.05, 0) is 35.7 Å².